The Bertz CT molecular complexity index is 1310. The summed E-state index contributed by atoms with van der Waals surface area (Å²) in [7, 11) is 0. The Morgan fingerprint density at radius 1 is 1.07 bits per heavy atom. The molecule has 1 aliphatic heterocycles. The van der Waals surface area contributed by atoms with E-state index in [9.17, 15) is 9.59 Å². The number of hydrogen-bond acceptors (Lipinski definition) is 4. The molecule has 0 atom stereocenters. The van der Waals surface area contributed by atoms with E-state index in [-0.39, 0.29) is 18.1 Å². The van der Waals surface area contributed by atoms with Gasteiger partial charge in [-0.1, -0.05) is 48.5 Å². The molecule has 0 N–H and O–H groups in total. The number of carbonyl (C=O) groups is 1. The smallest absolute Gasteiger partial charge is 0.311 e. The van der Waals surface area contributed by atoms with Crippen LogP contribution < -0.4 is 10.6 Å². The molecule has 30 heavy (non-hydrogen) atoms. The second kappa shape index (κ2) is 7.26. The number of benzene rings is 2. The molecular formula is C23H21N5O2. The molecule has 0 unspecified atom stereocenters. The van der Waals surface area contributed by atoms with Crippen LogP contribution in [0.3, 0.4) is 0 Å². The number of anilines is 1. The van der Waals surface area contributed by atoms with E-state index < -0.39 is 0 Å². The van der Waals surface area contributed by atoms with E-state index in [4.69, 9.17) is 0 Å². The SMILES string of the molecule is Cc1nc(-c2ccccc2)cc2nn(CC(=O)N3CCCc4ccccc43)c(=O)n12. The number of hydrogen-bond donors (Lipinski definition) is 0. The Kier molecular flexibility index (Phi) is 4.43. The normalized spacial score (nSPS) is 13.4. The number of nitrogens with zero attached hydrogens (tertiary/aromatic N) is 5. The molecule has 7 heteroatoms. The van der Waals surface area contributed by atoms with Gasteiger partial charge in [0.15, 0.2) is 5.65 Å². The third kappa shape index (κ3) is 3.08. The van der Waals surface area contributed by atoms with Crippen LogP contribution in [0.1, 0.15) is 17.8 Å². The summed E-state index contributed by atoms with van der Waals surface area (Å²) < 4.78 is 2.68. The molecule has 3 heterocycles. The summed E-state index contributed by atoms with van der Waals surface area (Å²) in [5.41, 5.74) is 3.91. The molecule has 0 aliphatic carbocycles. The van der Waals surface area contributed by atoms with Crippen molar-refractivity contribution in [3.8, 4) is 11.3 Å². The highest BCUT2D eigenvalue weighted by molar-refractivity contribution is 5.94. The first kappa shape index (κ1) is 18.3. The summed E-state index contributed by atoms with van der Waals surface area (Å²) in [6.45, 7) is 2.32. The van der Waals surface area contributed by atoms with Crippen LogP contribution in [0.2, 0.25) is 0 Å². The fraction of sp³-hybridized carbons (Fsp3) is 0.217. The van der Waals surface area contributed by atoms with Gasteiger partial charge in [0.25, 0.3) is 0 Å². The molecule has 150 valence electrons. The van der Waals surface area contributed by atoms with Gasteiger partial charge in [-0.2, -0.15) is 0 Å². The minimum atomic E-state index is -0.353. The Hall–Kier alpha value is -3.74. The second-order valence-electron chi connectivity index (χ2n) is 7.47. The van der Waals surface area contributed by atoms with E-state index in [1.54, 1.807) is 17.9 Å². The van der Waals surface area contributed by atoms with Crippen LogP contribution in [0.4, 0.5) is 5.69 Å². The zero-order chi connectivity index (χ0) is 20.7. The lowest BCUT2D eigenvalue weighted by Gasteiger charge is -2.29. The van der Waals surface area contributed by atoms with Crippen LogP contribution in [-0.2, 0) is 17.8 Å². The monoisotopic (exact) mass is 399 g/mol. The highest BCUT2D eigenvalue weighted by atomic mass is 16.2. The topological polar surface area (TPSA) is 72.5 Å². The molecule has 0 radical (unpaired) electrons. The third-order valence-corrected chi connectivity index (χ3v) is 5.50. The number of amides is 1. The van der Waals surface area contributed by atoms with E-state index in [2.05, 4.69) is 10.1 Å². The van der Waals surface area contributed by atoms with Crippen molar-refractivity contribution in [1.82, 2.24) is 19.2 Å². The predicted molar refractivity (Wildman–Crippen MR) is 115 cm³/mol. The maximum absolute atomic E-state index is 13.0. The van der Waals surface area contributed by atoms with Gasteiger partial charge < -0.3 is 4.90 Å². The molecule has 4 aromatic rings. The molecule has 5 rings (SSSR count). The molecular weight excluding hydrogens is 378 g/mol. The highest BCUT2D eigenvalue weighted by Gasteiger charge is 2.24. The number of aryl methyl sites for hydroxylation is 2. The maximum atomic E-state index is 13.0. The lowest BCUT2D eigenvalue weighted by Crippen LogP contribution is -2.39. The first-order valence-electron chi connectivity index (χ1n) is 10.0. The third-order valence-electron chi connectivity index (χ3n) is 5.50. The number of fused-ring (bicyclic) bond motifs is 2. The summed E-state index contributed by atoms with van der Waals surface area (Å²) in [6.07, 6.45) is 1.87. The van der Waals surface area contributed by atoms with Crippen molar-refractivity contribution in [1.29, 1.82) is 0 Å². The second-order valence-corrected chi connectivity index (χ2v) is 7.47. The largest absolute Gasteiger partial charge is 0.352 e. The fourth-order valence-corrected chi connectivity index (χ4v) is 4.07. The zero-order valence-electron chi connectivity index (χ0n) is 16.7. The van der Waals surface area contributed by atoms with Crippen molar-refractivity contribution in [2.24, 2.45) is 0 Å². The number of carbonyl (C=O) groups excluding carboxylic acids is 1. The van der Waals surface area contributed by atoms with E-state index in [1.807, 2.05) is 54.6 Å². The van der Waals surface area contributed by atoms with Gasteiger partial charge in [0, 0.05) is 23.9 Å². The summed E-state index contributed by atoms with van der Waals surface area (Å²) >= 11 is 0. The standard InChI is InChI=1S/C23H21N5O2/c1-16-24-19(17-8-3-2-4-9-17)14-21-25-27(23(30)28(16)21)15-22(29)26-13-7-11-18-10-5-6-12-20(18)26/h2-6,8-10,12,14H,7,11,13,15H2,1H3. The van der Waals surface area contributed by atoms with Crippen LogP contribution in [0.25, 0.3) is 16.9 Å². The summed E-state index contributed by atoms with van der Waals surface area (Å²) in [5.74, 6) is 0.403. The van der Waals surface area contributed by atoms with Crippen LogP contribution in [0.5, 0.6) is 0 Å². The zero-order valence-corrected chi connectivity index (χ0v) is 16.7. The van der Waals surface area contributed by atoms with Crippen molar-refractivity contribution in [3.63, 3.8) is 0 Å². The molecule has 7 nitrogen and oxygen atoms in total. The van der Waals surface area contributed by atoms with Crippen LogP contribution >= 0.6 is 0 Å². The Labute approximate surface area is 173 Å². The molecule has 0 bridgehead atoms. The van der Waals surface area contributed by atoms with Crippen molar-refractivity contribution < 1.29 is 4.79 Å². The van der Waals surface area contributed by atoms with Crippen LogP contribution in [-0.4, -0.2) is 31.6 Å². The fourth-order valence-electron chi connectivity index (χ4n) is 4.07. The van der Waals surface area contributed by atoms with Crippen molar-refractivity contribution in [3.05, 3.63) is 82.5 Å². The Morgan fingerprint density at radius 3 is 2.67 bits per heavy atom. The molecule has 0 saturated heterocycles. The highest BCUT2D eigenvalue weighted by Crippen LogP contribution is 2.26. The minimum Gasteiger partial charge on any atom is -0.311 e. The van der Waals surface area contributed by atoms with Gasteiger partial charge in [0.1, 0.15) is 12.4 Å². The van der Waals surface area contributed by atoms with Gasteiger partial charge in [-0.25, -0.2) is 18.9 Å². The molecule has 0 spiro atoms. The average molecular weight is 399 g/mol. The lowest BCUT2D eigenvalue weighted by atomic mass is 10.0. The Balaban J connectivity index is 1.50. The quantitative estimate of drug-likeness (QED) is 0.531. The van der Waals surface area contributed by atoms with Gasteiger partial charge in [-0.05, 0) is 31.4 Å². The molecule has 1 amide bonds. The van der Waals surface area contributed by atoms with E-state index in [0.29, 0.717) is 18.0 Å². The minimum absolute atomic E-state index is 0.102. The molecule has 2 aromatic heterocycles. The first-order chi connectivity index (χ1) is 14.6. The van der Waals surface area contributed by atoms with Gasteiger partial charge in [0.05, 0.1) is 5.69 Å². The van der Waals surface area contributed by atoms with Crippen molar-refractivity contribution in [2.45, 2.75) is 26.3 Å². The Morgan fingerprint density at radius 2 is 1.83 bits per heavy atom. The van der Waals surface area contributed by atoms with Gasteiger partial charge in [-0.15, -0.1) is 5.10 Å². The van der Waals surface area contributed by atoms with E-state index in [1.165, 1.54) is 9.08 Å². The summed E-state index contributed by atoms with van der Waals surface area (Å²) in [4.78, 5) is 32.3. The van der Waals surface area contributed by atoms with Crippen LogP contribution in [0.15, 0.2) is 65.5 Å². The van der Waals surface area contributed by atoms with E-state index in [0.717, 1.165) is 35.3 Å². The average Bonchev–Trinajstić information content (AvgIpc) is 3.09. The van der Waals surface area contributed by atoms with E-state index >= 15 is 0 Å². The molecule has 1 aliphatic rings. The summed E-state index contributed by atoms with van der Waals surface area (Å²) in [5, 5.41) is 4.43. The molecule has 2 aromatic carbocycles. The maximum Gasteiger partial charge on any atom is 0.352 e. The number of aromatic nitrogens is 4. The van der Waals surface area contributed by atoms with Crippen molar-refractivity contribution >= 4 is 17.2 Å². The lowest BCUT2D eigenvalue weighted by molar-refractivity contribution is -0.119. The van der Waals surface area contributed by atoms with Gasteiger partial charge in [0.2, 0.25) is 5.91 Å². The van der Waals surface area contributed by atoms with Crippen molar-refractivity contribution in [2.75, 3.05) is 11.4 Å². The first-order valence-corrected chi connectivity index (χ1v) is 10.0. The van der Waals surface area contributed by atoms with Gasteiger partial charge >= 0.3 is 5.69 Å². The van der Waals surface area contributed by atoms with Crippen LogP contribution in [0, 0.1) is 6.92 Å². The number of para-hydroxylation sites is 1. The molecule has 0 saturated carbocycles. The molecule has 0 fully saturated rings. The number of rotatable bonds is 3. The predicted octanol–water partition coefficient (Wildman–Crippen LogP) is 2.85. The summed E-state index contributed by atoms with van der Waals surface area (Å²) in [6, 6.07) is 19.5. The van der Waals surface area contributed by atoms with Gasteiger partial charge in [-0.3, -0.25) is 4.79 Å².